The maximum Gasteiger partial charge on any atom is 0.220 e. The number of nitrogens with two attached hydrogens (primary N) is 2. The predicted molar refractivity (Wildman–Crippen MR) is 65.8 cm³/mol. The van der Waals surface area contributed by atoms with Crippen LogP contribution in [0.1, 0.15) is 45.4 Å². The molecule has 4 nitrogen and oxygen atoms in total. The van der Waals surface area contributed by atoms with Gasteiger partial charge in [0.2, 0.25) is 5.91 Å². The van der Waals surface area contributed by atoms with Gasteiger partial charge in [-0.3, -0.25) is 4.79 Å². The third-order valence-corrected chi connectivity index (χ3v) is 3.52. The summed E-state index contributed by atoms with van der Waals surface area (Å²) in [4.78, 5) is 11.7. The van der Waals surface area contributed by atoms with E-state index in [2.05, 4.69) is 12.2 Å². The van der Waals surface area contributed by atoms with Crippen molar-refractivity contribution in [1.29, 1.82) is 0 Å². The third kappa shape index (κ3) is 4.49. The molecule has 0 bridgehead atoms. The van der Waals surface area contributed by atoms with Gasteiger partial charge < -0.3 is 16.8 Å². The standard InChI is InChI=1S/C12H25N3O/c1-2-9(8-13)7-12(16)15-11-5-3-10(14)4-6-11/h9-11H,2-8,13-14H2,1H3,(H,15,16). The van der Waals surface area contributed by atoms with Crippen LogP contribution in [0.5, 0.6) is 0 Å². The van der Waals surface area contributed by atoms with Crippen LogP contribution in [-0.2, 0) is 4.79 Å². The molecule has 0 aliphatic heterocycles. The number of rotatable bonds is 5. The first-order valence-electron chi connectivity index (χ1n) is 6.40. The minimum atomic E-state index is 0.151. The Kier molecular flexibility index (Phi) is 5.77. The first-order valence-corrected chi connectivity index (χ1v) is 6.40. The van der Waals surface area contributed by atoms with Crippen molar-refractivity contribution in [1.82, 2.24) is 5.32 Å². The van der Waals surface area contributed by atoms with Gasteiger partial charge in [-0.1, -0.05) is 13.3 Å². The molecular formula is C12H25N3O. The molecule has 1 unspecified atom stereocenters. The largest absolute Gasteiger partial charge is 0.353 e. The van der Waals surface area contributed by atoms with Crippen LogP contribution in [0.25, 0.3) is 0 Å². The first-order chi connectivity index (χ1) is 7.65. The molecule has 0 saturated heterocycles. The van der Waals surface area contributed by atoms with E-state index in [0.717, 1.165) is 32.1 Å². The highest BCUT2D eigenvalue weighted by molar-refractivity contribution is 5.76. The van der Waals surface area contributed by atoms with Gasteiger partial charge in [0.25, 0.3) is 0 Å². The smallest absolute Gasteiger partial charge is 0.220 e. The topological polar surface area (TPSA) is 81.1 Å². The molecule has 0 aromatic carbocycles. The molecule has 0 spiro atoms. The van der Waals surface area contributed by atoms with E-state index in [1.807, 2.05) is 0 Å². The Bertz CT molecular complexity index is 208. The number of hydrogen-bond donors (Lipinski definition) is 3. The number of carbonyl (C=O) groups is 1. The van der Waals surface area contributed by atoms with Crippen molar-refractivity contribution in [2.75, 3.05) is 6.54 Å². The Morgan fingerprint density at radius 2 is 2.00 bits per heavy atom. The molecule has 0 heterocycles. The lowest BCUT2D eigenvalue weighted by atomic mass is 9.91. The van der Waals surface area contributed by atoms with Gasteiger partial charge in [-0.2, -0.15) is 0 Å². The molecule has 5 N–H and O–H groups in total. The highest BCUT2D eigenvalue weighted by atomic mass is 16.1. The Labute approximate surface area is 98.1 Å². The average Bonchev–Trinajstić information content (AvgIpc) is 2.29. The summed E-state index contributed by atoms with van der Waals surface area (Å²) in [6, 6.07) is 0.670. The molecule has 1 amide bonds. The number of amides is 1. The summed E-state index contributed by atoms with van der Waals surface area (Å²) in [5.41, 5.74) is 11.4. The summed E-state index contributed by atoms with van der Waals surface area (Å²) in [7, 11) is 0. The Morgan fingerprint density at radius 1 is 1.38 bits per heavy atom. The van der Waals surface area contributed by atoms with Crippen LogP contribution in [0, 0.1) is 5.92 Å². The maximum atomic E-state index is 11.7. The predicted octanol–water partition coefficient (Wildman–Crippen LogP) is 0.748. The van der Waals surface area contributed by atoms with Crippen LogP contribution in [-0.4, -0.2) is 24.5 Å². The molecule has 4 heteroatoms. The van der Waals surface area contributed by atoms with E-state index in [1.165, 1.54) is 0 Å². The van der Waals surface area contributed by atoms with Crippen molar-refractivity contribution < 1.29 is 4.79 Å². The van der Waals surface area contributed by atoms with E-state index in [9.17, 15) is 4.79 Å². The summed E-state index contributed by atoms with van der Waals surface area (Å²) < 4.78 is 0. The molecule has 1 aliphatic carbocycles. The van der Waals surface area contributed by atoms with Gasteiger partial charge in [-0.05, 0) is 38.1 Å². The van der Waals surface area contributed by atoms with Gasteiger partial charge in [-0.15, -0.1) is 0 Å². The van der Waals surface area contributed by atoms with Gasteiger partial charge in [0.05, 0.1) is 0 Å². The van der Waals surface area contributed by atoms with E-state index >= 15 is 0 Å². The molecule has 94 valence electrons. The molecular weight excluding hydrogens is 202 g/mol. The molecule has 0 aromatic heterocycles. The molecule has 1 rings (SSSR count). The van der Waals surface area contributed by atoms with Crippen molar-refractivity contribution in [3.63, 3.8) is 0 Å². The fourth-order valence-corrected chi connectivity index (χ4v) is 2.21. The summed E-state index contributed by atoms with van der Waals surface area (Å²) >= 11 is 0. The lowest BCUT2D eigenvalue weighted by Gasteiger charge is -2.27. The van der Waals surface area contributed by atoms with E-state index in [4.69, 9.17) is 11.5 Å². The Hall–Kier alpha value is -0.610. The minimum absolute atomic E-state index is 0.151. The molecule has 1 atom stereocenters. The number of hydrogen-bond acceptors (Lipinski definition) is 3. The van der Waals surface area contributed by atoms with Crippen molar-refractivity contribution in [3.05, 3.63) is 0 Å². The zero-order valence-electron chi connectivity index (χ0n) is 10.2. The number of nitrogens with one attached hydrogen (secondary N) is 1. The van der Waals surface area contributed by atoms with Crippen LogP contribution in [0.4, 0.5) is 0 Å². The summed E-state index contributed by atoms with van der Waals surface area (Å²) in [5, 5.41) is 3.09. The van der Waals surface area contributed by atoms with Crippen molar-refractivity contribution in [2.45, 2.75) is 57.5 Å². The third-order valence-electron chi connectivity index (χ3n) is 3.52. The lowest BCUT2D eigenvalue weighted by molar-refractivity contribution is -0.122. The van der Waals surface area contributed by atoms with Crippen LogP contribution in [0.3, 0.4) is 0 Å². The molecule has 1 fully saturated rings. The zero-order valence-corrected chi connectivity index (χ0v) is 10.2. The SMILES string of the molecule is CCC(CN)CC(=O)NC1CCC(N)CC1. The highest BCUT2D eigenvalue weighted by Gasteiger charge is 2.20. The van der Waals surface area contributed by atoms with Crippen LogP contribution in [0.2, 0.25) is 0 Å². The van der Waals surface area contributed by atoms with E-state index in [0.29, 0.717) is 31.0 Å². The Balaban J connectivity index is 2.23. The maximum absolute atomic E-state index is 11.7. The summed E-state index contributed by atoms with van der Waals surface area (Å²) in [5.74, 6) is 0.476. The van der Waals surface area contributed by atoms with Gasteiger partial charge in [0, 0.05) is 18.5 Å². The second kappa shape index (κ2) is 6.86. The fourth-order valence-electron chi connectivity index (χ4n) is 2.21. The van der Waals surface area contributed by atoms with E-state index < -0.39 is 0 Å². The van der Waals surface area contributed by atoms with E-state index in [1.54, 1.807) is 0 Å². The molecule has 16 heavy (non-hydrogen) atoms. The lowest BCUT2D eigenvalue weighted by Crippen LogP contribution is -2.41. The monoisotopic (exact) mass is 227 g/mol. The van der Waals surface area contributed by atoms with E-state index in [-0.39, 0.29) is 5.91 Å². The van der Waals surface area contributed by atoms with Gasteiger partial charge in [-0.25, -0.2) is 0 Å². The average molecular weight is 227 g/mol. The quantitative estimate of drug-likeness (QED) is 0.648. The normalized spacial score (nSPS) is 27.4. The minimum Gasteiger partial charge on any atom is -0.353 e. The van der Waals surface area contributed by atoms with Crippen LogP contribution < -0.4 is 16.8 Å². The molecule has 0 radical (unpaired) electrons. The van der Waals surface area contributed by atoms with Crippen molar-refractivity contribution in [2.24, 2.45) is 17.4 Å². The van der Waals surface area contributed by atoms with Gasteiger partial charge in [0.1, 0.15) is 0 Å². The van der Waals surface area contributed by atoms with Crippen molar-refractivity contribution in [3.8, 4) is 0 Å². The Morgan fingerprint density at radius 3 is 2.50 bits per heavy atom. The first kappa shape index (κ1) is 13.5. The van der Waals surface area contributed by atoms with Crippen LogP contribution >= 0.6 is 0 Å². The zero-order chi connectivity index (χ0) is 12.0. The molecule has 1 aliphatic rings. The second-order valence-corrected chi connectivity index (χ2v) is 4.89. The van der Waals surface area contributed by atoms with Crippen molar-refractivity contribution >= 4 is 5.91 Å². The molecule has 0 aromatic rings. The van der Waals surface area contributed by atoms with Crippen LogP contribution in [0.15, 0.2) is 0 Å². The highest BCUT2D eigenvalue weighted by Crippen LogP contribution is 2.17. The van der Waals surface area contributed by atoms with Gasteiger partial charge >= 0.3 is 0 Å². The second-order valence-electron chi connectivity index (χ2n) is 4.89. The molecule has 1 saturated carbocycles. The fraction of sp³-hybridized carbons (Fsp3) is 0.917. The number of carbonyl (C=O) groups excluding carboxylic acids is 1. The summed E-state index contributed by atoms with van der Waals surface area (Å²) in [6.45, 7) is 2.67. The summed E-state index contributed by atoms with van der Waals surface area (Å²) in [6.07, 6.45) is 5.63. The van der Waals surface area contributed by atoms with Gasteiger partial charge in [0.15, 0.2) is 0 Å².